The lowest BCUT2D eigenvalue weighted by atomic mass is 10.4. The Balaban J connectivity index is 3.40. The van der Waals surface area contributed by atoms with Crippen LogP contribution in [0.2, 0.25) is 6.04 Å². The van der Waals surface area contributed by atoms with Gasteiger partial charge in [-0.2, -0.15) is 0 Å². The minimum Gasteiger partial charge on any atom is -0.397 e. The third-order valence-corrected chi connectivity index (χ3v) is 5.50. The van der Waals surface area contributed by atoms with Crippen LogP contribution in [0.5, 0.6) is 0 Å². The van der Waals surface area contributed by atoms with E-state index in [0.717, 1.165) is 13.2 Å². The molecule has 0 aromatic rings. The van der Waals surface area contributed by atoms with E-state index in [1.807, 2.05) is 0 Å². The monoisotopic (exact) mass is 236 g/mol. The molecule has 0 aromatic heterocycles. The van der Waals surface area contributed by atoms with Gasteiger partial charge in [0, 0.05) is 13.2 Å². The molecule has 0 saturated carbocycles. The Bertz CT molecular complexity index is 117. The van der Waals surface area contributed by atoms with Gasteiger partial charge in [0.05, 0.1) is 0 Å². The number of hydrogen-bond donors (Lipinski definition) is 0. The van der Waals surface area contributed by atoms with E-state index in [1.54, 1.807) is 0 Å². The maximum absolute atomic E-state index is 5.61. The lowest BCUT2D eigenvalue weighted by molar-refractivity contribution is 0.213. The highest BCUT2D eigenvalue weighted by atomic mass is 31.1. The Morgan fingerprint density at radius 1 is 1.00 bits per heavy atom. The molecule has 0 unspecified atom stereocenters. The van der Waals surface area contributed by atoms with Gasteiger partial charge in [-0.25, -0.2) is 0 Å². The number of hydrogen-bond acceptors (Lipinski definition) is 2. The quantitative estimate of drug-likeness (QED) is 0.348. The van der Waals surface area contributed by atoms with Crippen molar-refractivity contribution in [3.05, 3.63) is 0 Å². The van der Waals surface area contributed by atoms with Gasteiger partial charge in [-0.3, -0.25) is 0 Å². The summed E-state index contributed by atoms with van der Waals surface area (Å²) in [6, 6.07) is 1.19. The van der Waals surface area contributed by atoms with Gasteiger partial charge in [0.1, 0.15) is 0 Å². The fourth-order valence-electron chi connectivity index (χ4n) is 1.33. The summed E-state index contributed by atoms with van der Waals surface area (Å²) < 4.78 is 11.2. The summed E-state index contributed by atoms with van der Waals surface area (Å²) in [5.74, 6) is 0. The first-order valence-electron chi connectivity index (χ1n) is 5.58. The molecule has 0 radical (unpaired) electrons. The minimum atomic E-state index is -1.29. The van der Waals surface area contributed by atoms with Gasteiger partial charge in [-0.1, -0.05) is 6.42 Å². The molecule has 0 aromatic carbocycles. The summed E-state index contributed by atoms with van der Waals surface area (Å²) >= 11 is 0. The molecular weight excluding hydrogens is 211 g/mol. The van der Waals surface area contributed by atoms with Crippen LogP contribution in [0.1, 0.15) is 26.7 Å². The second kappa shape index (κ2) is 10.1. The van der Waals surface area contributed by atoms with Crippen molar-refractivity contribution in [1.82, 2.24) is 0 Å². The second-order valence-electron chi connectivity index (χ2n) is 3.64. The maximum Gasteiger partial charge on any atom is 0.321 e. The molecule has 4 heteroatoms. The van der Waals surface area contributed by atoms with Crippen molar-refractivity contribution in [2.75, 3.05) is 32.7 Å². The van der Waals surface area contributed by atoms with E-state index in [-0.39, 0.29) is 7.92 Å². The molecule has 0 atom stereocenters. The molecule has 0 aliphatic rings. The van der Waals surface area contributed by atoms with E-state index >= 15 is 0 Å². The lowest BCUT2D eigenvalue weighted by Crippen LogP contribution is -2.22. The average Bonchev–Trinajstić information content (AvgIpc) is 2.12. The zero-order chi connectivity index (χ0) is 10.8. The van der Waals surface area contributed by atoms with Crippen LogP contribution < -0.4 is 0 Å². The highest BCUT2D eigenvalue weighted by Gasteiger charge is 2.10. The van der Waals surface area contributed by atoms with Gasteiger partial charge in [0.25, 0.3) is 0 Å². The van der Waals surface area contributed by atoms with Gasteiger partial charge in [-0.15, -0.1) is 7.92 Å². The molecule has 2 nitrogen and oxygen atoms in total. The van der Waals surface area contributed by atoms with E-state index in [4.69, 9.17) is 8.85 Å². The maximum atomic E-state index is 5.61. The van der Waals surface area contributed by atoms with E-state index in [1.165, 1.54) is 25.0 Å². The highest BCUT2D eigenvalue weighted by molar-refractivity contribution is 7.55. The smallest absolute Gasteiger partial charge is 0.321 e. The Morgan fingerprint density at radius 2 is 1.57 bits per heavy atom. The third-order valence-electron chi connectivity index (χ3n) is 2.00. The van der Waals surface area contributed by atoms with Crippen LogP contribution in [-0.2, 0) is 8.85 Å². The molecule has 0 heterocycles. The summed E-state index contributed by atoms with van der Waals surface area (Å²) in [5.41, 5.74) is 0. The summed E-state index contributed by atoms with van der Waals surface area (Å²) in [6.07, 6.45) is 4.04. The van der Waals surface area contributed by atoms with Crippen LogP contribution in [0.25, 0.3) is 0 Å². The van der Waals surface area contributed by atoms with Crippen LogP contribution in [-0.4, -0.2) is 42.0 Å². The van der Waals surface area contributed by atoms with E-state index in [9.17, 15) is 0 Å². The average molecular weight is 236 g/mol. The summed E-state index contributed by atoms with van der Waals surface area (Å²) in [5, 5.41) is 0. The van der Waals surface area contributed by atoms with Gasteiger partial charge in [-0.05, 0) is 45.8 Å². The largest absolute Gasteiger partial charge is 0.397 e. The van der Waals surface area contributed by atoms with Crippen molar-refractivity contribution >= 4 is 17.2 Å². The van der Waals surface area contributed by atoms with Gasteiger partial charge < -0.3 is 8.85 Å². The highest BCUT2D eigenvalue weighted by Crippen LogP contribution is 2.26. The van der Waals surface area contributed by atoms with Crippen molar-refractivity contribution in [3.8, 4) is 0 Å². The molecule has 14 heavy (non-hydrogen) atoms. The second-order valence-corrected chi connectivity index (χ2v) is 8.35. The predicted octanol–water partition coefficient (Wildman–Crippen LogP) is 2.80. The summed E-state index contributed by atoms with van der Waals surface area (Å²) in [4.78, 5) is 0. The predicted molar refractivity (Wildman–Crippen MR) is 68.1 cm³/mol. The van der Waals surface area contributed by atoms with Crippen molar-refractivity contribution in [1.29, 1.82) is 0 Å². The van der Waals surface area contributed by atoms with Gasteiger partial charge in [0.15, 0.2) is 0 Å². The molecule has 0 saturated heterocycles. The topological polar surface area (TPSA) is 18.5 Å². The van der Waals surface area contributed by atoms with Gasteiger partial charge >= 0.3 is 9.28 Å². The van der Waals surface area contributed by atoms with Crippen molar-refractivity contribution in [3.63, 3.8) is 0 Å². The van der Waals surface area contributed by atoms with Crippen molar-refractivity contribution in [2.24, 2.45) is 0 Å². The van der Waals surface area contributed by atoms with E-state index in [0.29, 0.717) is 0 Å². The Kier molecular flexibility index (Phi) is 10.5. The Labute approximate surface area is 92.0 Å². The first-order chi connectivity index (χ1) is 6.70. The standard InChI is InChI=1S/C10H25O2PSi/c1-5-11-14(12-6-2)10-8-7-9-13(3)4/h14H,5-10H2,1-4H3. The number of unbranched alkanes of at least 4 members (excludes halogenated alkanes) is 1. The fourth-order valence-corrected chi connectivity index (χ4v) is 3.98. The molecule has 0 bridgehead atoms. The molecule has 0 fully saturated rings. The van der Waals surface area contributed by atoms with Gasteiger partial charge in [0.2, 0.25) is 0 Å². The van der Waals surface area contributed by atoms with E-state index < -0.39 is 9.28 Å². The number of rotatable bonds is 9. The SMILES string of the molecule is CCO[SiH](CCCCP(C)C)OCC. The zero-order valence-electron chi connectivity index (χ0n) is 10.1. The summed E-state index contributed by atoms with van der Waals surface area (Å²) in [7, 11) is -1.00. The van der Waals surface area contributed by atoms with Crippen LogP contribution in [0, 0.1) is 0 Å². The van der Waals surface area contributed by atoms with Crippen LogP contribution >= 0.6 is 7.92 Å². The lowest BCUT2D eigenvalue weighted by Gasteiger charge is -2.14. The van der Waals surface area contributed by atoms with Crippen LogP contribution in [0.4, 0.5) is 0 Å². The van der Waals surface area contributed by atoms with E-state index in [2.05, 4.69) is 27.2 Å². The summed E-state index contributed by atoms with van der Waals surface area (Å²) in [6.45, 7) is 10.4. The van der Waals surface area contributed by atoms with Crippen LogP contribution in [0.3, 0.4) is 0 Å². The van der Waals surface area contributed by atoms with Crippen molar-refractivity contribution < 1.29 is 8.85 Å². The normalized spacial score (nSPS) is 11.6. The molecule has 0 aliphatic heterocycles. The fraction of sp³-hybridized carbons (Fsp3) is 1.00. The van der Waals surface area contributed by atoms with Crippen molar-refractivity contribution in [2.45, 2.75) is 32.7 Å². The molecule has 0 spiro atoms. The third kappa shape index (κ3) is 9.13. The molecule has 86 valence electrons. The molecule has 0 amide bonds. The first-order valence-corrected chi connectivity index (χ1v) is 9.76. The minimum absolute atomic E-state index is 0.287. The zero-order valence-corrected chi connectivity index (χ0v) is 12.1. The first kappa shape index (κ1) is 14.6. The molecule has 0 N–H and O–H groups in total. The molecule has 0 aliphatic carbocycles. The Hall–Kier alpha value is 0.567. The Morgan fingerprint density at radius 3 is 2.00 bits per heavy atom. The van der Waals surface area contributed by atoms with Crippen LogP contribution in [0.15, 0.2) is 0 Å². The molecular formula is C10H25O2PSi. The molecule has 0 rings (SSSR count).